The van der Waals surface area contributed by atoms with E-state index in [1.54, 1.807) is 0 Å². The van der Waals surface area contributed by atoms with Crippen LogP contribution >= 0.6 is 35.6 Å². The van der Waals surface area contributed by atoms with Crippen LogP contribution in [0.1, 0.15) is 11.1 Å². The first-order valence-corrected chi connectivity index (χ1v) is 8.67. The van der Waals surface area contributed by atoms with Gasteiger partial charge in [0.05, 0.1) is 21.2 Å². The van der Waals surface area contributed by atoms with Crippen LogP contribution in [0.25, 0.3) is 6.08 Å². The van der Waals surface area contributed by atoms with Crippen LogP contribution in [0, 0.1) is 5.82 Å². The van der Waals surface area contributed by atoms with E-state index in [0.717, 1.165) is 34.9 Å². The highest BCUT2D eigenvalue weighted by molar-refractivity contribution is 8.27. The van der Waals surface area contributed by atoms with Crippen LogP contribution in [-0.2, 0) is 11.0 Å². The van der Waals surface area contributed by atoms with Gasteiger partial charge in [0.25, 0.3) is 5.91 Å². The number of thiocarbonyl (C=S) groups is 1. The molecule has 1 aliphatic heterocycles. The molecule has 1 aliphatic rings. The van der Waals surface area contributed by atoms with E-state index in [0.29, 0.717) is 0 Å². The van der Waals surface area contributed by atoms with Crippen molar-refractivity contribution in [2.75, 3.05) is 4.90 Å². The van der Waals surface area contributed by atoms with Gasteiger partial charge in [-0.05, 0) is 42.0 Å². The van der Waals surface area contributed by atoms with E-state index in [1.165, 1.54) is 30.3 Å². The lowest BCUT2D eigenvalue weighted by molar-refractivity contribution is -0.137. The van der Waals surface area contributed by atoms with Crippen LogP contribution in [0.2, 0.25) is 5.02 Å². The smallest absolute Gasteiger partial charge is 0.268 e. The second-order valence-corrected chi connectivity index (χ2v) is 7.32. The van der Waals surface area contributed by atoms with Gasteiger partial charge in [-0.2, -0.15) is 13.2 Å². The summed E-state index contributed by atoms with van der Waals surface area (Å²) in [7, 11) is 0. The van der Waals surface area contributed by atoms with Gasteiger partial charge in [-0.25, -0.2) is 4.39 Å². The lowest BCUT2D eigenvalue weighted by atomic mass is 10.1. The summed E-state index contributed by atoms with van der Waals surface area (Å²) in [6.45, 7) is 0. The second-order valence-electron chi connectivity index (χ2n) is 5.24. The molecule has 0 aromatic heterocycles. The summed E-state index contributed by atoms with van der Waals surface area (Å²) in [5.74, 6) is -1.15. The molecule has 0 N–H and O–H groups in total. The Morgan fingerprint density at radius 2 is 1.88 bits per heavy atom. The predicted octanol–water partition coefficient (Wildman–Crippen LogP) is 5.90. The van der Waals surface area contributed by atoms with E-state index < -0.39 is 23.5 Å². The third kappa shape index (κ3) is 3.77. The standard InChI is InChI=1S/C17H8ClF4NOS2/c18-12-8-11(4-5-13(12)19)23-15(24)14(26-16(23)25)7-9-2-1-3-10(6-9)17(20,21)22/h1-8H/b14-7+. The van der Waals surface area contributed by atoms with Crippen molar-refractivity contribution in [1.29, 1.82) is 0 Å². The molecular formula is C17H8ClF4NOS2. The molecule has 1 heterocycles. The normalized spacial score (nSPS) is 16.7. The summed E-state index contributed by atoms with van der Waals surface area (Å²) >= 11 is 11.8. The summed E-state index contributed by atoms with van der Waals surface area (Å²) in [6.07, 6.45) is -3.15. The first-order chi connectivity index (χ1) is 12.2. The average molecular weight is 418 g/mol. The number of thioether (sulfide) groups is 1. The maximum atomic E-state index is 13.3. The summed E-state index contributed by atoms with van der Waals surface area (Å²) < 4.78 is 51.9. The minimum absolute atomic E-state index is 0.162. The van der Waals surface area contributed by atoms with Gasteiger partial charge < -0.3 is 0 Å². The largest absolute Gasteiger partial charge is 0.416 e. The van der Waals surface area contributed by atoms with Crippen molar-refractivity contribution in [3.05, 3.63) is 69.3 Å². The highest BCUT2D eigenvalue weighted by Crippen LogP contribution is 2.37. The molecule has 2 nitrogen and oxygen atoms in total. The van der Waals surface area contributed by atoms with Crippen LogP contribution in [0.4, 0.5) is 23.2 Å². The van der Waals surface area contributed by atoms with Gasteiger partial charge in [0.1, 0.15) is 5.82 Å². The quantitative estimate of drug-likeness (QED) is 0.344. The van der Waals surface area contributed by atoms with E-state index in [4.69, 9.17) is 23.8 Å². The van der Waals surface area contributed by atoms with Crippen LogP contribution in [0.15, 0.2) is 47.4 Å². The molecule has 2 aromatic carbocycles. The fourth-order valence-corrected chi connectivity index (χ4v) is 3.74. The molecule has 0 spiro atoms. The number of alkyl halides is 3. The van der Waals surface area contributed by atoms with E-state index >= 15 is 0 Å². The zero-order chi connectivity index (χ0) is 19.1. The Balaban J connectivity index is 1.94. The van der Waals surface area contributed by atoms with Crippen molar-refractivity contribution in [3.63, 3.8) is 0 Å². The van der Waals surface area contributed by atoms with Crippen molar-refractivity contribution in [3.8, 4) is 0 Å². The Morgan fingerprint density at radius 3 is 2.54 bits per heavy atom. The molecule has 26 heavy (non-hydrogen) atoms. The number of anilines is 1. The Morgan fingerprint density at radius 1 is 1.15 bits per heavy atom. The van der Waals surface area contributed by atoms with Crippen molar-refractivity contribution < 1.29 is 22.4 Å². The molecule has 0 unspecified atom stereocenters. The Bertz CT molecular complexity index is 943. The minimum atomic E-state index is -4.48. The lowest BCUT2D eigenvalue weighted by Gasteiger charge is -2.14. The summed E-state index contributed by atoms with van der Waals surface area (Å²) in [4.78, 5) is 13.9. The highest BCUT2D eigenvalue weighted by atomic mass is 35.5. The van der Waals surface area contributed by atoms with Gasteiger partial charge in [0, 0.05) is 0 Å². The molecule has 9 heteroatoms. The maximum absolute atomic E-state index is 13.3. The third-order valence-electron chi connectivity index (χ3n) is 3.47. The summed E-state index contributed by atoms with van der Waals surface area (Å²) in [5.41, 5.74) is -0.309. The molecule has 1 saturated heterocycles. The van der Waals surface area contributed by atoms with Gasteiger partial charge in [0.15, 0.2) is 4.32 Å². The number of hydrogen-bond donors (Lipinski definition) is 0. The maximum Gasteiger partial charge on any atom is 0.416 e. The van der Waals surface area contributed by atoms with Crippen molar-refractivity contribution in [1.82, 2.24) is 0 Å². The van der Waals surface area contributed by atoms with Gasteiger partial charge in [0.2, 0.25) is 0 Å². The first kappa shape index (κ1) is 18.9. The Kier molecular flexibility index (Phi) is 5.09. The van der Waals surface area contributed by atoms with Gasteiger partial charge >= 0.3 is 6.18 Å². The Labute approximate surface area is 160 Å². The molecule has 0 atom stereocenters. The molecule has 134 valence electrons. The molecule has 0 radical (unpaired) electrons. The number of rotatable bonds is 2. The van der Waals surface area contributed by atoms with Crippen LogP contribution in [-0.4, -0.2) is 10.2 Å². The topological polar surface area (TPSA) is 20.3 Å². The zero-order valence-corrected chi connectivity index (χ0v) is 15.1. The average Bonchev–Trinajstić information content (AvgIpc) is 2.84. The molecular weight excluding hydrogens is 410 g/mol. The van der Waals surface area contributed by atoms with E-state index in [9.17, 15) is 22.4 Å². The SMILES string of the molecule is O=C1/C(=C\c2cccc(C(F)(F)F)c2)SC(=S)N1c1ccc(F)c(Cl)c1. The van der Waals surface area contributed by atoms with E-state index in [1.807, 2.05) is 0 Å². The number of hydrogen-bond acceptors (Lipinski definition) is 3. The zero-order valence-electron chi connectivity index (χ0n) is 12.7. The summed E-state index contributed by atoms with van der Waals surface area (Å²) in [5, 5.41) is -0.168. The number of carbonyl (C=O) groups is 1. The second kappa shape index (κ2) is 7.02. The molecule has 2 aromatic rings. The van der Waals surface area contributed by atoms with Crippen molar-refractivity contribution in [2.24, 2.45) is 0 Å². The number of halogens is 5. The minimum Gasteiger partial charge on any atom is -0.268 e. The molecule has 0 saturated carbocycles. The number of nitrogens with zero attached hydrogens (tertiary/aromatic N) is 1. The number of carbonyl (C=O) groups excluding carboxylic acids is 1. The van der Waals surface area contributed by atoms with E-state index in [2.05, 4.69) is 0 Å². The molecule has 0 bridgehead atoms. The van der Waals surface area contributed by atoms with Crippen molar-refractivity contribution in [2.45, 2.75) is 6.18 Å². The predicted molar refractivity (Wildman–Crippen MR) is 98.5 cm³/mol. The van der Waals surface area contributed by atoms with Crippen molar-refractivity contribution >= 4 is 57.6 Å². The fraction of sp³-hybridized carbons (Fsp3) is 0.0588. The third-order valence-corrected chi connectivity index (χ3v) is 5.06. The van der Waals surface area contributed by atoms with Gasteiger partial charge in [-0.3, -0.25) is 9.69 Å². The number of amides is 1. The lowest BCUT2D eigenvalue weighted by Crippen LogP contribution is -2.27. The Hall–Kier alpha value is -1.90. The molecule has 1 amide bonds. The summed E-state index contributed by atoms with van der Waals surface area (Å²) in [6, 6.07) is 8.32. The van der Waals surface area contributed by atoms with Gasteiger partial charge in [-0.1, -0.05) is 47.7 Å². The van der Waals surface area contributed by atoms with Crippen LogP contribution in [0.3, 0.4) is 0 Å². The van der Waals surface area contributed by atoms with Crippen LogP contribution < -0.4 is 4.90 Å². The van der Waals surface area contributed by atoms with Crippen LogP contribution in [0.5, 0.6) is 0 Å². The monoisotopic (exact) mass is 417 g/mol. The fourth-order valence-electron chi connectivity index (χ4n) is 2.27. The molecule has 1 fully saturated rings. The van der Waals surface area contributed by atoms with E-state index in [-0.39, 0.29) is 25.5 Å². The molecule has 3 rings (SSSR count). The number of benzene rings is 2. The first-order valence-electron chi connectivity index (χ1n) is 7.07. The van der Waals surface area contributed by atoms with Gasteiger partial charge in [-0.15, -0.1) is 0 Å². The molecule has 0 aliphatic carbocycles. The highest BCUT2D eigenvalue weighted by Gasteiger charge is 2.34.